The van der Waals surface area contributed by atoms with E-state index in [1.165, 1.54) is 0 Å². The Balaban J connectivity index is 1.56. The largest absolute Gasteiger partial charge is 0.489 e. The lowest BCUT2D eigenvalue weighted by Crippen LogP contribution is -2.34. The molecular formula is C28H33NO5. The lowest BCUT2D eigenvalue weighted by molar-refractivity contribution is -0.145. The van der Waals surface area contributed by atoms with Crippen molar-refractivity contribution in [3.63, 3.8) is 0 Å². The molecule has 0 fully saturated rings. The minimum absolute atomic E-state index is 0.0450. The van der Waals surface area contributed by atoms with E-state index in [0.29, 0.717) is 19.0 Å². The van der Waals surface area contributed by atoms with Gasteiger partial charge in [-0.1, -0.05) is 60.7 Å². The number of aliphatic hydroxyl groups is 1. The highest BCUT2D eigenvalue weighted by atomic mass is 16.6. The average Bonchev–Trinajstić information content (AvgIpc) is 2.87. The van der Waals surface area contributed by atoms with E-state index in [1.54, 1.807) is 6.92 Å². The molecule has 0 bridgehead atoms. The molecule has 6 nitrogen and oxygen atoms in total. The predicted octanol–water partition coefficient (Wildman–Crippen LogP) is 4.46. The van der Waals surface area contributed by atoms with Crippen molar-refractivity contribution in [2.45, 2.75) is 39.0 Å². The summed E-state index contributed by atoms with van der Waals surface area (Å²) in [6.07, 6.45) is 0.766. The molecule has 3 aromatic carbocycles. The Morgan fingerprint density at radius 1 is 0.912 bits per heavy atom. The van der Waals surface area contributed by atoms with Gasteiger partial charge >= 0.3 is 5.97 Å². The summed E-state index contributed by atoms with van der Waals surface area (Å²) in [4.78, 5) is 11.4. The molecule has 0 saturated heterocycles. The summed E-state index contributed by atoms with van der Waals surface area (Å²) in [6, 6.07) is 25.3. The van der Waals surface area contributed by atoms with E-state index >= 15 is 0 Å². The van der Waals surface area contributed by atoms with Gasteiger partial charge in [0.1, 0.15) is 18.1 Å². The number of benzene rings is 3. The summed E-state index contributed by atoms with van der Waals surface area (Å²) >= 11 is 0. The van der Waals surface area contributed by atoms with Gasteiger partial charge in [-0.05, 0) is 49.6 Å². The summed E-state index contributed by atoms with van der Waals surface area (Å²) in [5, 5.41) is 13.6. The zero-order chi connectivity index (χ0) is 24.2. The fourth-order valence-corrected chi connectivity index (χ4v) is 3.70. The number of nitrogens with one attached hydrogen (secondary N) is 1. The minimum Gasteiger partial charge on any atom is -0.489 e. The first-order valence-electron chi connectivity index (χ1n) is 11.6. The van der Waals surface area contributed by atoms with Crippen molar-refractivity contribution < 1.29 is 24.1 Å². The standard InChI is InChI=1S/C28H33NO5/c1-3-32-28(31)20-33-24-15-13-22(14-16-24)17-21(2)29-26(18-30)25-11-7-8-12-27(25)34-19-23-9-5-4-6-10-23/h4-16,21,26,29-30H,3,17-20H2,1-2H3/t21?,26-/m0/s1. The smallest absolute Gasteiger partial charge is 0.344 e. The minimum atomic E-state index is -0.382. The van der Waals surface area contributed by atoms with Crippen LogP contribution in [0.15, 0.2) is 78.9 Å². The summed E-state index contributed by atoms with van der Waals surface area (Å²) in [7, 11) is 0. The molecule has 6 heteroatoms. The molecule has 3 rings (SSSR count). The molecule has 0 aliphatic rings. The fourth-order valence-electron chi connectivity index (χ4n) is 3.70. The molecule has 0 aliphatic heterocycles. The van der Waals surface area contributed by atoms with Crippen LogP contribution in [-0.2, 0) is 22.6 Å². The first-order valence-corrected chi connectivity index (χ1v) is 11.6. The third kappa shape index (κ3) is 7.90. The Labute approximate surface area is 201 Å². The quantitative estimate of drug-likeness (QED) is 0.365. The molecule has 2 N–H and O–H groups in total. The maximum Gasteiger partial charge on any atom is 0.344 e. The van der Waals surface area contributed by atoms with Crippen molar-refractivity contribution in [3.8, 4) is 11.5 Å². The molecule has 1 unspecified atom stereocenters. The molecule has 0 radical (unpaired) electrons. The highest BCUT2D eigenvalue weighted by Gasteiger charge is 2.18. The van der Waals surface area contributed by atoms with E-state index in [4.69, 9.17) is 14.2 Å². The van der Waals surface area contributed by atoms with Crippen LogP contribution >= 0.6 is 0 Å². The third-order valence-corrected chi connectivity index (χ3v) is 5.33. The molecule has 0 saturated carbocycles. The van der Waals surface area contributed by atoms with E-state index in [2.05, 4.69) is 12.2 Å². The van der Waals surface area contributed by atoms with Gasteiger partial charge in [-0.25, -0.2) is 4.79 Å². The van der Waals surface area contributed by atoms with Crippen LogP contribution in [0.2, 0.25) is 0 Å². The van der Waals surface area contributed by atoms with Crippen molar-refractivity contribution >= 4 is 5.97 Å². The topological polar surface area (TPSA) is 77.0 Å². The van der Waals surface area contributed by atoms with Gasteiger partial charge in [-0.15, -0.1) is 0 Å². The zero-order valence-electron chi connectivity index (χ0n) is 19.8. The van der Waals surface area contributed by atoms with Gasteiger partial charge in [-0.2, -0.15) is 0 Å². The summed E-state index contributed by atoms with van der Waals surface area (Å²) in [6.45, 7) is 4.51. The molecule has 0 aliphatic carbocycles. The molecule has 0 heterocycles. The van der Waals surface area contributed by atoms with Crippen LogP contribution in [0.4, 0.5) is 0 Å². The van der Waals surface area contributed by atoms with E-state index in [1.807, 2.05) is 78.9 Å². The van der Waals surface area contributed by atoms with E-state index in [9.17, 15) is 9.90 Å². The second-order valence-electron chi connectivity index (χ2n) is 8.06. The number of carbonyl (C=O) groups is 1. The lowest BCUT2D eigenvalue weighted by atomic mass is 10.0. The van der Waals surface area contributed by atoms with E-state index in [0.717, 1.165) is 28.9 Å². The Kier molecular flexibility index (Phi) is 9.95. The van der Waals surface area contributed by atoms with Crippen molar-refractivity contribution in [2.24, 2.45) is 0 Å². The number of ether oxygens (including phenoxy) is 3. The van der Waals surface area contributed by atoms with Gasteiger partial charge < -0.3 is 24.6 Å². The van der Waals surface area contributed by atoms with Crippen molar-refractivity contribution in [1.82, 2.24) is 5.32 Å². The molecule has 0 spiro atoms. The van der Waals surface area contributed by atoms with Crippen LogP contribution in [0.5, 0.6) is 11.5 Å². The predicted molar refractivity (Wildman–Crippen MR) is 132 cm³/mol. The van der Waals surface area contributed by atoms with E-state index < -0.39 is 0 Å². The summed E-state index contributed by atoms with van der Waals surface area (Å²) < 4.78 is 16.4. The summed E-state index contributed by atoms with van der Waals surface area (Å²) in [5.41, 5.74) is 3.14. The zero-order valence-corrected chi connectivity index (χ0v) is 19.8. The van der Waals surface area contributed by atoms with Crippen LogP contribution in [0.25, 0.3) is 0 Å². The Bertz CT molecular complexity index is 1010. The van der Waals surface area contributed by atoms with Gasteiger partial charge in [0.05, 0.1) is 19.3 Å². The number of rotatable bonds is 13. The van der Waals surface area contributed by atoms with Gasteiger partial charge in [0.15, 0.2) is 6.61 Å². The number of hydrogen-bond donors (Lipinski definition) is 2. The SMILES string of the molecule is CCOC(=O)COc1ccc(CC(C)N[C@@H](CO)c2ccccc2OCc2ccccc2)cc1. The van der Waals surface area contributed by atoms with Crippen LogP contribution < -0.4 is 14.8 Å². The average molecular weight is 464 g/mol. The van der Waals surface area contributed by atoms with Crippen molar-refractivity contribution in [2.75, 3.05) is 19.8 Å². The second-order valence-corrected chi connectivity index (χ2v) is 8.06. The van der Waals surface area contributed by atoms with Crippen LogP contribution in [0.3, 0.4) is 0 Å². The Morgan fingerprint density at radius 3 is 2.32 bits per heavy atom. The molecule has 3 aromatic rings. The number of para-hydroxylation sites is 1. The number of aliphatic hydroxyl groups excluding tert-OH is 1. The van der Waals surface area contributed by atoms with Crippen LogP contribution in [-0.4, -0.2) is 36.9 Å². The van der Waals surface area contributed by atoms with Gasteiger partial charge in [-0.3, -0.25) is 0 Å². The first-order chi connectivity index (χ1) is 16.6. The normalized spacial score (nSPS) is 12.6. The molecule has 180 valence electrons. The fraction of sp³-hybridized carbons (Fsp3) is 0.321. The lowest BCUT2D eigenvalue weighted by Gasteiger charge is -2.24. The van der Waals surface area contributed by atoms with Crippen molar-refractivity contribution in [3.05, 3.63) is 95.6 Å². The molecule has 0 aromatic heterocycles. The third-order valence-electron chi connectivity index (χ3n) is 5.33. The second kappa shape index (κ2) is 13.4. The van der Waals surface area contributed by atoms with Gasteiger partial charge in [0.2, 0.25) is 0 Å². The molecule has 0 amide bonds. The van der Waals surface area contributed by atoms with Crippen LogP contribution in [0, 0.1) is 0 Å². The first kappa shape index (κ1) is 25.3. The monoisotopic (exact) mass is 463 g/mol. The van der Waals surface area contributed by atoms with Gasteiger partial charge in [0.25, 0.3) is 0 Å². The van der Waals surface area contributed by atoms with Crippen molar-refractivity contribution in [1.29, 1.82) is 0 Å². The van der Waals surface area contributed by atoms with E-state index in [-0.39, 0.29) is 31.3 Å². The maximum absolute atomic E-state index is 11.4. The molecular weight excluding hydrogens is 430 g/mol. The van der Waals surface area contributed by atoms with Gasteiger partial charge in [0, 0.05) is 11.6 Å². The summed E-state index contributed by atoms with van der Waals surface area (Å²) in [5.74, 6) is 0.996. The highest BCUT2D eigenvalue weighted by Crippen LogP contribution is 2.26. The van der Waals surface area contributed by atoms with Crippen LogP contribution in [0.1, 0.15) is 36.6 Å². The number of esters is 1. The Morgan fingerprint density at radius 2 is 1.62 bits per heavy atom. The highest BCUT2D eigenvalue weighted by molar-refractivity contribution is 5.71. The molecule has 34 heavy (non-hydrogen) atoms. The maximum atomic E-state index is 11.4. The molecule has 2 atom stereocenters. The number of hydrogen-bond acceptors (Lipinski definition) is 6. The number of carbonyl (C=O) groups excluding carboxylic acids is 1. The Hall–Kier alpha value is -3.35.